The maximum Gasteiger partial charge on any atom is 0.231 e. The number of thiol groups is 1. The lowest BCUT2D eigenvalue weighted by molar-refractivity contribution is -0.111. The summed E-state index contributed by atoms with van der Waals surface area (Å²) in [6, 6.07) is 4.00. The molecule has 0 saturated heterocycles. The molecule has 1 aliphatic rings. The predicted molar refractivity (Wildman–Crippen MR) is 73.6 cm³/mol. The van der Waals surface area contributed by atoms with Gasteiger partial charge in [0.1, 0.15) is 0 Å². The maximum absolute atomic E-state index is 11.3. The molecule has 0 bridgehead atoms. The Morgan fingerprint density at radius 2 is 2.06 bits per heavy atom. The van der Waals surface area contributed by atoms with Crippen LogP contribution in [0.15, 0.2) is 12.1 Å². The van der Waals surface area contributed by atoms with Crippen molar-refractivity contribution in [2.75, 3.05) is 6.79 Å². The zero-order chi connectivity index (χ0) is 13.1. The molecule has 0 saturated carbocycles. The lowest BCUT2D eigenvalue weighted by atomic mass is 9.88. The first kappa shape index (κ1) is 13.3. The van der Waals surface area contributed by atoms with E-state index < -0.39 is 0 Å². The Morgan fingerprint density at radius 1 is 1.39 bits per heavy atom. The minimum absolute atomic E-state index is 0.0643. The van der Waals surface area contributed by atoms with E-state index in [9.17, 15) is 4.79 Å². The molecule has 1 aliphatic heterocycles. The van der Waals surface area contributed by atoms with Gasteiger partial charge in [-0.05, 0) is 42.5 Å². The van der Waals surface area contributed by atoms with Crippen LogP contribution in [0.3, 0.4) is 0 Å². The van der Waals surface area contributed by atoms with Gasteiger partial charge in [-0.1, -0.05) is 13.3 Å². The summed E-state index contributed by atoms with van der Waals surface area (Å²) in [5.41, 5.74) is 2.32. The normalized spacial score (nSPS) is 14.6. The first-order valence-corrected chi connectivity index (χ1v) is 6.68. The smallest absolute Gasteiger partial charge is 0.231 e. The molecule has 1 aromatic carbocycles. The van der Waals surface area contributed by atoms with Crippen molar-refractivity contribution >= 4 is 17.7 Å². The highest BCUT2D eigenvalue weighted by molar-refractivity contribution is 7.96. The lowest BCUT2D eigenvalue weighted by Gasteiger charge is -2.18. The molecule has 18 heavy (non-hydrogen) atoms. The quantitative estimate of drug-likeness (QED) is 0.829. The molecule has 3 nitrogen and oxygen atoms in total. The van der Waals surface area contributed by atoms with Crippen molar-refractivity contribution in [1.82, 2.24) is 0 Å². The molecule has 1 atom stereocenters. The van der Waals surface area contributed by atoms with Crippen LogP contribution in [-0.2, 0) is 4.79 Å². The topological polar surface area (TPSA) is 35.5 Å². The molecule has 1 heterocycles. The average molecular weight is 266 g/mol. The number of hydrogen-bond acceptors (Lipinski definition) is 3. The standard InChI is InChI=1S/C14H18O3S/c1-3-4-10(6-14(15)18)11-7-13-12(5-9(11)2)16-8-17-13/h5,7,10H,3-4,6,8H2,1-2H3,(H,15,18). The number of fused-ring (bicyclic) bond motifs is 1. The molecule has 98 valence electrons. The largest absolute Gasteiger partial charge is 0.454 e. The number of carbonyl (C=O) groups is 1. The van der Waals surface area contributed by atoms with Gasteiger partial charge in [-0.3, -0.25) is 4.79 Å². The minimum Gasteiger partial charge on any atom is -0.454 e. The van der Waals surface area contributed by atoms with Gasteiger partial charge in [0.15, 0.2) is 16.6 Å². The molecule has 0 aromatic heterocycles. The van der Waals surface area contributed by atoms with Crippen LogP contribution in [0.25, 0.3) is 0 Å². The number of benzene rings is 1. The Bertz CT molecular complexity index is 457. The summed E-state index contributed by atoms with van der Waals surface area (Å²) in [5, 5.41) is -0.0643. The van der Waals surface area contributed by atoms with E-state index in [4.69, 9.17) is 9.47 Å². The fourth-order valence-electron chi connectivity index (χ4n) is 2.43. The summed E-state index contributed by atoms with van der Waals surface area (Å²) in [5.74, 6) is 1.79. The van der Waals surface area contributed by atoms with Gasteiger partial charge in [0.05, 0.1) is 0 Å². The summed E-state index contributed by atoms with van der Waals surface area (Å²) in [4.78, 5) is 11.3. The number of hydrogen-bond donors (Lipinski definition) is 1. The van der Waals surface area contributed by atoms with Gasteiger partial charge in [0.2, 0.25) is 6.79 Å². The highest BCUT2D eigenvalue weighted by Gasteiger charge is 2.21. The van der Waals surface area contributed by atoms with Gasteiger partial charge in [-0.25, -0.2) is 0 Å². The van der Waals surface area contributed by atoms with Crippen LogP contribution in [0.5, 0.6) is 11.5 Å². The molecule has 0 N–H and O–H groups in total. The molecule has 1 aromatic rings. The summed E-state index contributed by atoms with van der Waals surface area (Å²) in [6.45, 7) is 4.45. The SMILES string of the molecule is CCCC(CC(=O)S)c1cc2c(cc1C)OCO2. The first-order chi connectivity index (χ1) is 8.61. The molecule has 0 fully saturated rings. The van der Waals surface area contributed by atoms with E-state index in [2.05, 4.69) is 19.6 Å². The van der Waals surface area contributed by atoms with Gasteiger partial charge in [-0.15, -0.1) is 12.6 Å². The van der Waals surface area contributed by atoms with Gasteiger partial charge < -0.3 is 9.47 Å². The molecule has 4 heteroatoms. The molecular weight excluding hydrogens is 248 g/mol. The van der Waals surface area contributed by atoms with E-state index in [1.165, 1.54) is 5.56 Å². The minimum atomic E-state index is -0.0643. The zero-order valence-corrected chi connectivity index (χ0v) is 11.6. The fourth-order valence-corrected chi connectivity index (χ4v) is 2.65. The molecule has 2 rings (SSSR count). The summed E-state index contributed by atoms with van der Waals surface area (Å²) >= 11 is 3.90. The van der Waals surface area contributed by atoms with Crippen LogP contribution in [0.1, 0.15) is 43.2 Å². The highest BCUT2D eigenvalue weighted by Crippen LogP contribution is 2.39. The number of aryl methyl sites for hydroxylation is 1. The predicted octanol–water partition coefficient (Wildman–Crippen LogP) is 3.45. The van der Waals surface area contributed by atoms with Crippen LogP contribution in [0.2, 0.25) is 0 Å². The van der Waals surface area contributed by atoms with Crippen molar-refractivity contribution in [1.29, 1.82) is 0 Å². The Morgan fingerprint density at radius 3 is 2.67 bits per heavy atom. The van der Waals surface area contributed by atoms with Crippen LogP contribution in [0, 0.1) is 6.92 Å². The number of ether oxygens (including phenoxy) is 2. The third-order valence-corrected chi connectivity index (χ3v) is 3.44. The van der Waals surface area contributed by atoms with E-state index in [-0.39, 0.29) is 17.8 Å². The molecule has 1 unspecified atom stereocenters. The van der Waals surface area contributed by atoms with Crippen molar-refractivity contribution < 1.29 is 14.3 Å². The second-order valence-electron chi connectivity index (χ2n) is 4.65. The molecule has 0 radical (unpaired) electrons. The van der Waals surface area contributed by atoms with Crippen molar-refractivity contribution in [3.63, 3.8) is 0 Å². The first-order valence-electron chi connectivity index (χ1n) is 6.23. The number of carbonyl (C=O) groups excluding carboxylic acids is 1. The average Bonchev–Trinajstić information content (AvgIpc) is 2.73. The maximum atomic E-state index is 11.3. The van der Waals surface area contributed by atoms with Crippen molar-refractivity contribution in [2.45, 2.75) is 39.0 Å². The van der Waals surface area contributed by atoms with Crippen LogP contribution < -0.4 is 9.47 Å². The van der Waals surface area contributed by atoms with Crippen LogP contribution >= 0.6 is 12.6 Å². The van der Waals surface area contributed by atoms with E-state index in [0.29, 0.717) is 6.42 Å². The molecular formula is C14H18O3S. The Labute approximate surface area is 113 Å². The van der Waals surface area contributed by atoms with Gasteiger partial charge >= 0.3 is 0 Å². The van der Waals surface area contributed by atoms with Crippen LogP contribution in [-0.4, -0.2) is 11.9 Å². The number of rotatable bonds is 5. The van der Waals surface area contributed by atoms with E-state index in [1.54, 1.807) is 0 Å². The Balaban J connectivity index is 2.31. The van der Waals surface area contributed by atoms with Crippen LogP contribution in [0.4, 0.5) is 0 Å². The van der Waals surface area contributed by atoms with E-state index in [1.807, 2.05) is 19.1 Å². The van der Waals surface area contributed by atoms with E-state index >= 15 is 0 Å². The third-order valence-electron chi connectivity index (χ3n) is 3.26. The fraction of sp³-hybridized carbons (Fsp3) is 0.500. The van der Waals surface area contributed by atoms with Gasteiger partial charge in [0.25, 0.3) is 0 Å². The second kappa shape index (κ2) is 5.65. The van der Waals surface area contributed by atoms with Gasteiger partial charge in [0, 0.05) is 6.42 Å². The van der Waals surface area contributed by atoms with Crippen molar-refractivity contribution in [2.24, 2.45) is 0 Å². The van der Waals surface area contributed by atoms with E-state index in [0.717, 1.165) is 29.9 Å². The zero-order valence-electron chi connectivity index (χ0n) is 10.7. The Kier molecular flexibility index (Phi) is 4.17. The molecule has 0 spiro atoms. The molecule has 0 amide bonds. The van der Waals surface area contributed by atoms with Gasteiger partial charge in [-0.2, -0.15) is 0 Å². The monoisotopic (exact) mass is 266 g/mol. The molecule has 0 aliphatic carbocycles. The van der Waals surface area contributed by atoms with Crippen molar-refractivity contribution in [3.8, 4) is 11.5 Å². The highest BCUT2D eigenvalue weighted by atomic mass is 32.1. The summed E-state index contributed by atoms with van der Waals surface area (Å²) < 4.78 is 10.8. The summed E-state index contributed by atoms with van der Waals surface area (Å²) in [6.07, 6.45) is 2.49. The summed E-state index contributed by atoms with van der Waals surface area (Å²) in [7, 11) is 0. The Hall–Kier alpha value is -1.16. The lowest BCUT2D eigenvalue weighted by Crippen LogP contribution is -2.05. The van der Waals surface area contributed by atoms with Crippen molar-refractivity contribution in [3.05, 3.63) is 23.3 Å². The third kappa shape index (κ3) is 2.80. The second-order valence-corrected chi connectivity index (χ2v) is 5.14.